The van der Waals surface area contributed by atoms with Crippen molar-refractivity contribution in [3.63, 3.8) is 0 Å². The average molecular weight is 220 g/mol. The van der Waals surface area contributed by atoms with Crippen LogP contribution in [0.4, 0.5) is 5.95 Å². The van der Waals surface area contributed by atoms with E-state index in [1.54, 1.807) is 0 Å². The van der Waals surface area contributed by atoms with Crippen LogP contribution in [0.1, 0.15) is 25.3 Å². The number of piperidine rings is 1. The van der Waals surface area contributed by atoms with Gasteiger partial charge in [-0.25, -0.2) is 9.97 Å². The summed E-state index contributed by atoms with van der Waals surface area (Å²) in [6.07, 6.45) is 6.19. The standard InChI is InChI=1S/C12H20N4/c1-3-16-6-4-5-11(9-16)15-12-13-7-10(2)8-14-12/h7-8,11H,3-6,9H2,1-2H3,(H,13,14,15). The van der Waals surface area contributed by atoms with Crippen molar-refractivity contribution in [1.29, 1.82) is 0 Å². The fourth-order valence-electron chi connectivity index (χ4n) is 2.11. The number of hydrogen-bond acceptors (Lipinski definition) is 4. The summed E-state index contributed by atoms with van der Waals surface area (Å²) in [4.78, 5) is 11.0. The number of rotatable bonds is 3. The first-order chi connectivity index (χ1) is 7.78. The molecule has 0 spiro atoms. The zero-order valence-electron chi connectivity index (χ0n) is 10.1. The minimum atomic E-state index is 0.497. The number of likely N-dealkylation sites (tertiary alicyclic amines) is 1. The third-order valence-electron chi connectivity index (χ3n) is 3.07. The van der Waals surface area contributed by atoms with E-state index in [0.29, 0.717) is 6.04 Å². The van der Waals surface area contributed by atoms with Gasteiger partial charge in [0.2, 0.25) is 5.95 Å². The SMILES string of the molecule is CCN1CCCC(Nc2ncc(C)cn2)C1. The van der Waals surface area contributed by atoms with Crippen molar-refractivity contribution in [2.75, 3.05) is 25.0 Å². The highest BCUT2D eigenvalue weighted by Crippen LogP contribution is 2.13. The summed E-state index contributed by atoms with van der Waals surface area (Å²) in [5.41, 5.74) is 1.10. The maximum absolute atomic E-state index is 4.28. The van der Waals surface area contributed by atoms with Gasteiger partial charge in [-0.3, -0.25) is 0 Å². The molecule has 0 bridgehead atoms. The number of nitrogens with one attached hydrogen (secondary N) is 1. The van der Waals surface area contributed by atoms with Gasteiger partial charge >= 0.3 is 0 Å². The Morgan fingerprint density at radius 1 is 1.44 bits per heavy atom. The molecule has 1 aliphatic rings. The largest absolute Gasteiger partial charge is 0.350 e. The van der Waals surface area contributed by atoms with Crippen LogP contribution >= 0.6 is 0 Å². The zero-order valence-corrected chi connectivity index (χ0v) is 10.1. The lowest BCUT2D eigenvalue weighted by molar-refractivity contribution is 0.226. The fraction of sp³-hybridized carbons (Fsp3) is 0.667. The van der Waals surface area contributed by atoms with Crippen molar-refractivity contribution in [2.24, 2.45) is 0 Å². The number of aromatic nitrogens is 2. The highest BCUT2D eigenvalue weighted by molar-refractivity contribution is 5.26. The average Bonchev–Trinajstić information content (AvgIpc) is 2.32. The van der Waals surface area contributed by atoms with Crippen molar-refractivity contribution >= 4 is 5.95 Å². The Labute approximate surface area is 97.1 Å². The van der Waals surface area contributed by atoms with Crippen LogP contribution in [0.15, 0.2) is 12.4 Å². The summed E-state index contributed by atoms with van der Waals surface area (Å²) in [7, 11) is 0. The van der Waals surface area contributed by atoms with Crippen molar-refractivity contribution in [3.8, 4) is 0 Å². The van der Waals surface area contributed by atoms with Gasteiger partial charge in [0.25, 0.3) is 0 Å². The highest BCUT2D eigenvalue weighted by Gasteiger charge is 2.18. The molecular weight excluding hydrogens is 200 g/mol. The normalized spacial score (nSPS) is 22.0. The quantitative estimate of drug-likeness (QED) is 0.841. The Balaban J connectivity index is 1.91. The van der Waals surface area contributed by atoms with E-state index in [9.17, 15) is 0 Å². The third kappa shape index (κ3) is 2.92. The molecule has 4 nitrogen and oxygen atoms in total. The molecule has 1 unspecified atom stereocenters. The Morgan fingerprint density at radius 2 is 2.19 bits per heavy atom. The van der Waals surface area contributed by atoms with Crippen LogP contribution in [0.2, 0.25) is 0 Å². The van der Waals surface area contributed by atoms with Crippen molar-refractivity contribution in [2.45, 2.75) is 32.7 Å². The second-order valence-electron chi connectivity index (χ2n) is 4.46. The van der Waals surface area contributed by atoms with Crippen LogP contribution in [-0.2, 0) is 0 Å². The number of nitrogens with zero attached hydrogens (tertiary/aromatic N) is 3. The first-order valence-corrected chi connectivity index (χ1v) is 6.05. The molecule has 1 aromatic rings. The van der Waals surface area contributed by atoms with Gasteiger partial charge < -0.3 is 10.2 Å². The van der Waals surface area contributed by atoms with Crippen LogP contribution in [0.5, 0.6) is 0 Å². The molecule has 16 heavy (non-hydrogen) atoms. The molecule has 1 fully saturated rings. The first-order valence-electron chi connectivity index (χ1n) is 6.05. The Bertz CT molecular complexity index is 322. The van der Waals surface area contributed by atoms with Gasteiger partial charge in [0.05, 0.1) is 0 Å². The first kappa shape index (κ1) is 11.3. The lowest BCUT2D eigenvalue weighted by Gasteiger charge is -2.32. The molecule has 1 aliphatic heterocycles. The van der Waals surface area contributed by atoms with Gasteiger partial charge in [-0.15, -0.1) is 0 Å². The Morgan fingerprint density at radius 3 is 2.88 bits per heavy atom. The fourth-order valence-corrected chi connectivity index (χ4v) is 2.11. The van der Waals surface area contributed by atoms with Crippen molar-refractivity contribution in [3.05, 3.63) is 18.0 Å². The highest BCUT2D eigenvalue weighted by atomic mass is 15.2. The van der Waals surface area contributed by atoms with Gasteiger partial charge in [0.1, 0.15) is 0 Å². The van der Waals surface area contributed by atoms with Crippen molar-refractivity contribution in [1.82, 2.24) is 14.9 Å². The summed E-state index contributed by atoms with van der Waals surface area (Å²) in [5.74, 6) is 0.758. The minimum absolute atomic E-state index is 0.497. The van der Waals surface area contributed by atoms with Crippen molar-refractivity contribution < 1.29 is 0 Å². The monoisotopic (exact) mass is 220 g/mol. The van der Waals surface area contributed by atoms with Gasteiger partial charge in [-0.05, 0) is 38.4 Å². The number of anilines is 1. The number of aryl methyl sites for hydroxylation is 1. The maximum Gasteiger partial charge on any atom is 0.222 e. The second-order valence-corrected chi connectivity index (χ2v) is 4.46. The minimum Gasteiger partial charge on any atom is -0.350 e. The molecule has 0 amide bonds. The van der Waals surface area contributed by atoms with Crippen LogP contribution in [0.25, 0.3) is 0 Å². The van der Waals surface area contributed by atoms with Gasteiger partial charge in [0, 0.05) is 25.0 Å². The van der Waals surface area contributed by atoms with E-state index in [2.05, 4.69) is 27.1 Å². The zero-order chi connectivity index (χ0) is 11.4. The summed E-state index contributed by atoms with van der Waals surface area (Å²) in [6.45, 7) is 7.68. The Kier molecular flexibility index (Phi) is 3.72. The molecule has 0 aromatic carbocycles. The molecule has 2 heterocycles. The molecule has 1 N–H and O–H groups in total. The molecule has 1 aromatic heterocycles. The summed E-state index contributed by atoms with van der Waals surface area (Å²) < 4.78 is 0. The summed E-state index contributed by atoms with van der Waals surface area (Å²) >= 11 is 0. The smallest absolute Gasteiger partial charge is 0.222 e. The van der Waals surface area contributed by atoms with E-state index in [1.807, 2.05) is 19.3 Å². The molecule has 0 saturated carbocycles. The Hall–Kier alpha value is -1.16. The van der Waals surface area contributed by atoms with Gasteiger partial charge in [0.15, 0.2) is 0 Å². The molecule has 0 aliphatic carbocycles. The lowest BCUT2D eigenvalue weighted by Crippen LogP contribution is -2.42. The summed E-state index contributed by atoms with van der Waals surface area (Å²) in [5, 5.41) is 3.41. The topological polar surface area (TPSA) is 41.0 Å². The van der Waals surface area contributed by atoms with Gasteiger partial charge in [-0.1, -0.05) is 6.92 Å². The number of likely N-dealkylation sites (N-methyl/N-ethyl adjacent to an activating group) is 1. The van der Waals surface area contributed by atoms with E-state index in [4.69, 9.17) is 0 Å². The van der Waals surface area contributed by atoms with Crippen LogP contribution < -0.4 is 5.32 Å². The lowest BCUT2D eigenvalue weighted by atomic mass is 10.1. The molecule has 4 heteroatoms. The van der Waals surface area contributed by atoms with E-state index < -0.39 is 0 Å². The number of hydrogen-bond donors (Lipinski definition) is 1. The molecule has 0 radical (unpaired) electrons. The third-order valence-corrected chi connectivity index (χ3v) is 3.07. The van der Waals surface area contributed by atoms with Crippen LogP contribution in [0, 0.1) is 6.92 Å². The molecule has 2 rings (SSSR count). The maximum atomic E-state index is 4.28. The van der Waals surface area contributed by atoms with Crippen LogP contribution in [-0.4, -0.2) is 40.5 Å². The molecular formula is C12H20N4. The molecule has 1 atom stereocenters. The predicted octanol–water partition coefficient (Wildman–Crippen LogP) is 1.68. The van der Waals surface area contributed by atoms with Gasteiger partial charge in [-0.2, -0.15) is 0 Å². The van der Waals surface area contributed by atoms with E-state index >= 15 is 0 Å². The predicted molar refractivity (Wildman–Crippen MR) is 65.5 cm³/mol. The van der Waals surface area contributed by atoms with Crippen LogP contribution in [0.3, 0.4) is 0 Å². The summed E-state index contributed by atoms with van der Waals surface area (Å²) in [6, 6.07) is 0.497. The molecule has 1 saturated heterocycles. The van der Waals surface area contributed by atoms with E-state index in [1.165, 1.54) is 19.4 Å². The van der Waals surface area contributed by atoms with E-state index in [-0.39, 0.29) is 0 Å². The molecule has 88 valence electrons. The second kappa shape index (κ2) is 5.25. The van der Waals surface area contributed by atoms with E-state index in [0.717, 1.165) is 24.6 Å².